The first kappa shape index (κ1) is 16.9. The zero-order valence-electron chi connectivity index (χ0n) is 12.3. The Kier molecular flexibility index (Phi) is 7.58. The number of carbonyl (C=O) groups is 1. The third-order valence-electron chi connectivity index (χ3n) is 3.04. The summed E-state index contributed by atoms with van der Waals surface area (Å²) in [5.74, 6) is 0.959. The summed E-state index contributed by atoms with van der Waals surface area (Å²) in [6.45, 7) is 10.0. The van der Waals surface area contributed by atoms with E-state index in [-0.39, 0.29) is 12.5 Å². The molecule has 1 amide bonds. The molecule has 1 aromatic heterocycles. The highest BCUT2D eigenvalue weighted by atomic mass is 32.2. The van der Waals surface area contributed by atoms with Crippen LogP contribution < -0.4 is 5.32 Å². The molecule has 0 aliphatic carbocycles. The van der Waals surface area contributed by atoms with Gasteiger partial charge in [0.2, 0.25) is 5.91 Å². The number of pyridine rings is 1. The van der Waals surface area contributed by atoms with E-state index in [0.29, 0.717) is 17.3 Å². The Morgan fingerprint density at radius 2 is 1.95 bits per heavy atom. The van der Waals surface area contributed by atoms with Gasteiger partial charge in [-0.25, -0.2) is 4.98 Å². The molecule has 0 bridgehead atoms. The van der Waals surface area contributed by atoms with Crippen molar-refractivity contribution in [2.75, 3.05) is 30.7 Å². The van der Waals surface area contributed by atoms with Crippen molar-refractivity contribution in [2.24, 2.45) is 0 Å². The molecule has 0 aromatic carbocycles. The molecule has 0 saturated carbocycles. The summed E-state index contributed by atoms with van der Waals surface area (Å²) in [5.41, 5.74) is 0.571. The molecule has 1 aliphatic rings. The standard InChI is InChI=1S/C8H8N2O2S.C6H15N/c11-3-5-1-2-6-8(9-5)10-7(12)4-13-6;1-4-7(5-2)6-3/h1-2,11H,3-4H2,(H,9,10,12);4-6H2,1-3H3. The summed E-state index contributed by atoms with van der Waals surface area (Å²) >= 11 is 1.46. The number of nitrogens with one attached hydrogen (secondary N) is 1. The second-order valence-corrected chi connectivity index (χ2v) is 5.28. The second kappa shape index (κ2) is 8.94. The monoisotopic (exact) mass is 297 g/mol. The van der Waals surface area contributed by atoms with Crippen LogP contribution in [-0.2, 0) is 11.4 Å². The molecule has 0 radical (unpaired) electrons. The van der Waals surface area contributed by atoms with E-state index in [0.717, 1.165) is 4.90 Å². The van der Waals surface area contributed by atoms with E-state index in [2.05, 4.69) is 36.0 Å². The lowest BCUT2D eigenvalue weighted by Crippen LogP contribution is -2.21. The highest BCUT2D eigenvalue weighted by molar-refractivity contribution is 8.00. The van der Waals surface area contributed by atoms with E-state index in [4.69, 9.17) is 5.11 Å². The molecule has 2 heterocycles. The lowest BCUT2D eigenvalue weighted by molar-refractivity contribution is -0.113. The number of aromatic nitrogens is 1. The van der Waals surface area contributed by atoms with Crippen LogP contribution in [0.3, 0.4) is 0 Å². The smallest absolute Gasteiger partial charge is 0.235 e. The van der Waals surface area contributed by atoms with Crippen molar-refractivity contribution in [1.82, 2.24) is 9.88 Å². The Hall–Kier alpha value is -1.11. The van der Waals surface area contributed by atoms with Crippen molar-refractivity contribution in [3.05, 3.63) is 17.8 Å². The van der Waals surface area contributed by atoms with E-state index < -0.39 is 0 Å². The zero-order chi connectivity index (χ0) is 15.0. The SMILES string of the molecule is CCN(CC)CC.O=C1CSc2ccc(CO)nc2N1. The highest BCUT2D eigenvalue weighted by Crippen LogP contribution is 2.29. The van der Waals surface area contributed by atoms with Gasteiger partial charge in [-0.2, -0.15) is 0 Å². The van der Waals surface area contributed by atoms with Gasteiger partial charge in [-0.1, -0.05) is 20.8 Å². The fraction of sp³-hybridized carbons (Fsp3) is 0.571. The normalized spacial score (nSPS) is 13.3. The Balaban J connectivity index is 0.000000246. The van der Waals surface area contributed by atoms with Gasteiger partial charge in [0.1, 0.15) is 5.82 Å². The van der Waals surface area contributed by atoms with Crippen molar-refractivity contribution in [2.45, 2.75) is 32.3 Å². The molecule has 112 valence electrons. The van der Waals surface area contributed by atoms with Gasteiger partial charge >= 0.3 is 0 Å². The minimum atomic E-state index is -0.103. The summed E-state index contributed by atoms with van der Waals surface area (Å²) in [5, 5.41) is 11.5. The molecule has 0 spiro atoms. The van der Waals surface area contributed by atoms with E-state index in [1.54, 1.807) is 6.07 Å². The molecule has 20 heavy (non-hydrogen) atoms. The Morgan fingerprint density at radius 1 is 1.30 bits per heavy atom. The Labute approximate surface area is 124 Å². The van der Waals surface area contributed by atoms with E-state index >= 15 is 0 Å². The molecule has 0 atom stereocenters. The third kappa shape index (κ3) is 5.11. The number of hydrogen-bond donors (Lipinski definition) is 2. The van der Waals surface area contributed by atoms with Crippen LogP contribution in [-0.4, -0.2) is 46.3 Å². The first-order chi connectivity index (χ1) is 9.64. The minimum Gasteiger partial charge on any atom is -0.390 e. The summed E-state index contributed by atoms with van der Waals surface area (Å²) in [7, 11) is 0. The number of anilines is 1. The largest absolute Gasteiger partial charge is 0.390 e. The first-order valence-electron chi connectivity index (χ1n) is 6.90. The van der Waals surface area contributed by atoms with E-state index in [1.807, 2.05) is 6.07 Å². The van der Waals surface area contributed by atoms with Gasteiger partial charge in [0.25, 0.3) is 0 Å². The quantitative estimate of drug-likeness (QED) is 0.889. The predicted octanol–water partition coefficient (Wildman–Crippen LogP) is 1.97. The Morgan fingerprint density at radius 3 is 2.45 bits per heavy atom. The lowest BCUT2D eigenvalue weighted by atomic mass is 10.3. The van der Waals surface area contributed by atoms with Gasteiger partial charge in [-0.05, 0) is 31.8 Å². The van der Waals surface area contributed by atoms with E-state index in [1.165, 1.54) is 31.4 Å². The van der Waals surface area contributed by atoms with Gasteiger partial charge < -0.3 is 15.3 Å². The second-order valence-electron chi connectivity index (χ2n) is 4.26. The van der Waals surface area contributed by atoms with Crippen LogP contribution in [0.25, 0.3) is 0 Å². The van der Waals surface area contributed by atoms with Gasteiger partial charge in [0.05, 0.1) is 22.9 Å². The maximum Gasteiger partial charge on any atom is 0.235 e. The molecular weight excluding hydrogens is 274 g/mol. The van der Waals surface area contributed by atoms with Crippen LogP contribution in [0.1, 0.15) is 26.5 Å². The predicted molar refractivity (Wildman–Crippen MR) is 83.0 cm³/mol. The van der Waals surface area contributed by atoms with Crippen LogP contribution in [0, 0.1) is 0 Å². The van der Waals surface area contributed by atoms with E-state index in [9.17, 15) is 4.79 Å². The van der Waals surface area contributed by atoms with Crippen molar-refractivity contribution in [3.8, 4) is 0 Å². The number of aliphatic hydroxyl groups excluding tert-OH is 1. The number of hydrogen-bond acceptors (Lipinski definition) is 5. The van der Waals surface area contributed by atoms with Crippen molar-refractivity contribution in [3.63, 3.8) is 0 Å². The number of carbonyl (C=O) groups excluding carboxylic acids is 1. The van der Waals surface area contributed by atoms with Crippen LogP contribution in [0.4, 0.5) is 5.82 Å². The number of rotatable bonds is 4. The molecule has 2 rings (SSSR count). The van der Waals surface area contributed by atoms with Crippen LogP contribution in [0.15, 0.2) is 17.0 Å². The van der Waals surface area contributed by atoms with Crippen molar-refractivity contribution in [1.29, 1.82) is 0 Å². The van der Waals surface area contributed by atoms with Gasteiger partial charge in [-0.3, -0.25) is 4.79 Å². The van der Waals surface area contributed by atoms with Crippen LogP contribution >= 0.6 is 11.8 Å². The molecule has 6 heteroatoms. The van der Waals surface area contributed by atoms with Gasteiger partial charge in [0, 0.05) is 0 Å². The minimum absolute atomic E-state index is 0.0416. The fourth-order valence-electron chi connectivity index (χ4n) is 1.76. The number of amides is 1. The molecule has 5 nitrogen and oxygen atoms in total. The fourth-order valence-corrected chi connectivity index (χ4v) is 2.52. The van der Waals surface area contributed by atoms with Crippen LogP contribution in [0.2, 0.25) is 0 Å². The first-order valence-corrected chi connectivity index (χ1v) is 7.88. The highest BCUT2D eigenvalue weighted by Gasteiger charge is 2.16. The average Bonchev–Trinajstić information content (AvgIpc) is 2.49. The van der Waals surface area contributed by atoms with Crippen LogP contribution in [0.5, 0.6) is 0 Å². The summed E-state index contributed by atoms with van der Waals surface area (Å²) in [6, 6.07) is 3.61. The lowest BCUT2D eigenvalue weighted by Gasteiger charge is -2.15. The topological polar surface area (TPSA) is 65.5 Å². The van der Waals surface area contributed by atoms with Gasteiger partial charge in [-0.15, -0.1) is 11.8 Å². The average molecular weight is 297 g/mol. The molecule has 1 aliphatic heterocycles. The molecule has 0 unspecified atom stereocenters. The number of fused-ring (bicyclic) bond motifs is 1. The molecule has 0 saturated heterocycles. The van der Waals surface area contributed by atoms with Gasteiger partial charge in [0.15, 0.2) is 0 Å². The third-order valence-corrected chi connectivity index (χ3v) is 4.08. The molecular formula is C14H23N3O2S. The maximum absolute atomic E-state index is 11.0. The molecule has 2 N–H and O–H groups in total. The van der Waals surface area contributed by atoms with Crippen molar-refractivity contribution >= 4 is 23.5 Å². The maximum atomic E-state index is 11.0. The number of thioether (sulfide) groups is 1. The Bertz CT molecular complexity index is 431. The molecule has 1 aromatic rings. The zero-order valence-corrected chi connectivity index (χ0v) is 13.2. The van der Waals surface area contributed by atoms with Crippen molar-refractivity contribution < 1.29 is 9.90 Å². The number of aliphatic hydroxyl groups is 1. The summed E-state index contributed by atoms with van der Waals surface area (Å²) in [4.78, 5) is 18.4. The summed E-state index contributed by atoms with van der Waals surface area (Å²) < 4.78 is 0. The number of nitrogens with zero attached hydrogens (tertiary/aromatic N) is 2. The summed E-state index contributed by atoms with van der Waals surface area (Å²) in [6.07, 6.45) is 0. The molecule has 0 fully saturated rings.